The zero-order valence-corrected chi connectivity index (χ0v) is 12.2. The van der Waals surface area contributed by atoms with Gasteiger partial charge in [-0.2, -0.15) is 0 Å². The molecular formula is C14H25N3O2. The highest BCUT2D eigenvalue weighted by Gasteiger charge is 2.43. The van der Waals surface area contributed by atoms with E-state index in [1.54, 1.807) is 4.90 Å². The summed E-state index contributed by atoms with van der Waals surface area (Å²) in [4.78, 5) is 26.3. The molecule has 0 spiro atoms. The lowest BCUT2D eigenvalue weighted by molar-refractivity contribution is -0.151. The average Bonchev–Trinajstić information content (AvgIpc) is 2.41. The van der Waals surface area contributed by atoms with Gasteiger partial charge in [0.15, 0.2) is 0 Å². The second kappa shape index (κ2) is 5.49. The Kier molecular flexibility index (Phi) is 4.13. The van der Waals surface area contributed by atoms with Gasteiger partial charge in [-0.1, -0.05) is 13.3 Å². The van der Waals surface area contributed by atoms with E-state index in [1.807, 2.05) is 13.8 Å². The number of carbonyl (C=O) groups is 2. The average molecular weight is 267 g/mol. The highest BCUT2D eigenvalue weighted by molar-refractivity contribution is 5.93. The largest absolute Gasteiger partial charge is 0.352 e. The summed E-state index contributed by atoms with van der Waals surface area (Å²) >= 11 is 0. The van der Waals surface area contributed by atoms with Crippen LogP contribution in [0.1, 0.15) is 40.0 Å². The molecule has 0 aliphatic carbocycles. The summed E-state index contributed by atoms with van der Waals surface area (Å²) in [6.45, 7) is 7.87. The van der Waals surface area contributed by atoms with Gasteiger partial charge in [-0.15, -0.1) is 0 Å². The molecule has 2 aliphatic rings. The van der Waals surface area contributed by atoms with Crippen LogP contribution in [-0.2, 0) is 9.59 Å². The summed E-state index contributed by atoms with van der Waals surface area (Å²) in [6.07, 6.45) is 3.16. The number of carbonyl (C=O) groups excluding carboxylic acids is 2. The number of piperazine rings is 1. The molecule has 0 saturated carbocycles. The molecule has 2 atom stereocenters. The van der Waals surface area contributed by atoms with Crippen LogP contribution in [0.3, 0.4) is 0 Å². The predicted molar refractivity (Wildman–Crippen MR) is 73.6 cm³/mol. The molecule has 2 heterocycles. The first-order chi connectivity index (χ1) is 8.96. The minimum atomic E-state index is -0.740. The van der Waals surface area contributed by atoms with Crippen molar-refractivity contribution >= 4 is 11.8 Å². The van der Waals surface area contributed by atoms with Crippen LogP contribution in [0.2, 0.25) is 0 Å². The van der Waals surface area contributed by atoms with E-state index in [0.29, 0.717) is 19.0 Å². The summed E-state index contributed by atoms with van der Waals surface area (Å²) < 4.78 is 0. The topological polar surface area (TPSA) is 61.4 Å². The molecule has 0 aromatic carbocycles. The molecule has 2 aliphatic heterocycles. The third kappa shape index (κ3) is 2.76. The maximum atomic E-state index is 12.7. The van der Waals surface area contributed by atoms with Gasteiger partial charge in [0, 0.05) is 13.1 Å². The van der Waals surface area contributed by atoms with Gasteiger partial charge in [-0.05, 0) is 39.2 Å². The number of hydrogen-bond acceptors (Lipinski definition) is 3. The van der Waals surface area contributed by atoms with Crippen LogP contribution < -0.4 is 10.6 Å². The van der Waals surface area contributed by atoms with Gasteiger partial charge < -0.3 is 15.5 Å². The van der Waals surface area contributed by atoms with Gasteiger partial charge in [0.05, 0.1) is 6.04 Å². The predicted octanol–water partition coefficient (Wildman–Crippen LogP) is 0.502. The minimum Gasteiger partial charge on any atom is -0.352 e. The van der Waals surface area contributed by atoms with E-state index in [-0.39, 0.29) is 17.9 Å². The molecule has 0 aromatic rings. The third-order valence-corrected chi connectivity index (χ3v) is 4.51. The smallest absolute Gasteiger partial charge is 0.245 e. The van der Waals surface area contributed by atoms with Crippen LogP contribution >= 0.6 is 0 Å². The Morgan fingerprint density at radius 3 is 2.84 bits per heavy atom. The lowest BCUT2D eigenvalue weighted by Gasteiger charge is -2.43. The maximum Gasteiger partial charge on any atom is 0.245 e. The second-order valence-electron chi connectivity index (χ2n) is 6.11. The number of nitrogens with zero attached hydrogens (tertiary/aromatic N) is 1. The first-order valence-electron chi connectivity index (χ1n) is 7.30. The van der Waals surface area contributed by atoms with Crippen molar-refractivity contribution < 1.29 is 9.59 Å². The second-order valence-corrected chi connectivity index (χ2v) is 6.11. The van der Waals surface area contributed by atoms with Crippen molar-refractivity contribution in [3.63, 3.8) is 0 Å². The summed E-state index contributed by atoms with van der Waals surface area (Å²) in [6, 6.07) is -0.121. The molecule has 2 saturated heterocycles. The summed E-state index contributed by atoms with van der Waals surface area (Å²) in [5.74, 6) is 0.643. The summed E-state index contributed by atoms with van der Waals surface area (Å²) in [5, 5.41) is 6.14. The summed E-state index contributed by atoms with van der Waals surface area (Å²) in [7, 11) is 0. The lowest BCUT2D eigenvalue weighted by Crippen LogP contribution is -2.66. The quantitative estimate of drug-likeness (QED) is 0.766. The SMILES string of the molecule is CCC1CCNC(C(=O)N2CCNC(=O)C2(C)C)C1. The van der Waals surface area contributed by atoms with E-state index in [9.17, 15) is 9.59 Å². The van der Waals surface area contributed by atoms with Crippen molar-refractivity contribution in [2.45, 2.75) is 51.6 Å². The van der Waals surface area contributed by atoms with E-state index >= 15 is 0 Å². The molecule has 2 N–H and O–H groups in total. The Morgan fingerprint density at radius 1 is 1.42 bits per heavy atom. The van der Waals surface area contributed by atoms with Crippen molar-refractivity contribution in [2.24, 2.45) is 5.92 Å². The van der Waals surface area contributed by atoms with Crippen LogP contribution in [0.4, 0.5) is 0 Å². The Morgan fingerprint density at radius 2 is 2.16 bits per heavy atom. The molecule has 5 nitrogen and oxygen atoms in total. The lowest BCUT2D eigenvalue weighted by atomic mass is 9.88. The monoisotopic (exact) mass is 267 g/mol. The van der Waals surface area contributed by atoms with E-state index < -0.39 is 5.54 Å². The van der Waals surface area contributed by atoms with Crippen LogP contribution in [0.25, 0.3) is 0 Å². The zero-order valence-electron chi connectivity index (χ0n) is 12.2. The van der Waals surface area contributed by atoms with E-state index in [2.05, 4.69) is 17.6 Å². The van der Waals surface area contributed by atoms with Crippen LogP contribution in [0.5, 0.6) is 0 Å². The van der Waals surface area contributed by atoms with Crippen molar-refractivity contribution in [2.75, 3.05) is 19.6 Å². The molecular weight excluding hydrogens is 242 g/mol. The van der Waals surface area contributed by atoms with Crippen molar-refractivity contribution in [1.82, 2.24) is 15.5 Å². The van der Waals surface area contributed by atoms with Gasteiger partial charge in [-0.3, -0.25) is 9.59 Å². The van der Waals surface area contributed by atoms with E-state index in [4.69, 9.17) is 0 Å². The van der Waals surface area contributed by atoms with Gasteiger partial charge >= 0.3 is 0 Å². The molecule has 5 heteroatoms. The Balaban J connectivity index is 2.08. The fraction of sp³-hybridized carbons (Fsp3) is 0.857. The molecule has 0 aromatic heterocycles. The van der Waals surface area contributed by atoms with Crippen LogP contribution in [-0.4, -0.2) is 47.9 Å². The fourth-order valence-electron chi connectivity index (χ4n) is 3.03. The number of rotatable bonds is 2. The van der Waals surface area contributed by atoms with Crippen LogP contribution in [0.15, 0.2) is 0 Å². The molecule has 108 valence electrons. The molecule has 2 unspecified atom stereocenters. The van der Waals surface area contributed by atoms with Crippen molar-refractivity contribution in [1.29, 1.82) is 0 Å². The molecule has 19 heavy (non-hydrogen) atoms. The first-order valence-corrected chi connectivity index (χ1v) is 7.30. The number of amides is 2. The van der Waals surface area contributed by atoms with E-state index in [1.165, 1.54) is 0 Å². The Bertz CT molecular complexity index is 368. The molecule has 0 bridgehead atoms. The number of piperidine rings is 1. The van der Waals surface area contributed by atoms with Gasteiger partial charge in [0.1, 0.15) is 5.54 Å². The first kappa shape index (κ1) is 14.3. The molecule has 2 amide bonds. The maximum absolute atomic E-state index is 12.7. The normalized spacial score (nSPS) is 30.9. The van der Waals surface area contributed by atoms with Crippen molar-refractivity contribution in [3.05, 3.63) is 0 Å². The Labute approximate surface area is 115 Å². The van der Waals surface area contributed by atoms with E-state index in [0.717, 1.165) is 25.8 Å². The highest BCUT2D eigenvalue weighted by atomic mass is 16.2. The zero-order chi connectivity index (χ0) is 14.0. The number of nitrogens with one attached hydrogen (secondary N) is 2. The van der Waals surface area contributed by atoms with Gasteiger partial charge in [0.2, 0.25) is 11.8 Å². The van der Waals surface area contributed by atoms with Gasteiger partial charge in [0.25, 0.3) is 0 Å². The molecule has 2 rings (SSSR count). The third-order valence-electron chi connectivity index (χ3n) is 4.51. The number of hydrogen-bond donors (Lipinski definition) is 2. The highest BCUT2D eigenvalue weighted by Crippen LogP contribution is 2.24. The van der Waals surface area contributed by atoms with Gasteiger partial charge in [-0.25, -0.2) is 0 Å². The van der Waals surface area contributed by atoms with Crippen molar-refractivity contribution in [3.8, 4) is 0 Å². The Hall–Kier alpha value is -1.10. The minimum absolute atomic E-state index is 0.0602. The summed E-state index contributed by atoms with van der Waals surface area (Å²) in [5.41, 5.74) is -0.740. The van der Waals surface area contributed by atoms with Crippen LogP contribution in [0, 0.1) is 5.92 Å². The molecule has 0 radical (unpaired) electrons. The fourth-order valence-corrected chi connectivity index (χ4v) is 3.03. The molecule has 2 fully saturated rings. The standard InChI is InChI=1S/C14H25N3O2/c1-4-10-5-6-15-11(9-10)12(18)17-8-7-16-13(19)14(17,2)3/h10-11,15H,4-9H2,1-3H3,(H,16,19).